The fourth-order valence-corrected chi connectivity index (χ4v) is 3.33. The minimum atomic E-state index is -0.705. The number of methoxy groups -OCH3 is 1. The second-order valence-electron chi connectivity index (χ2n) is 6.64. The standard InChI is InChI=1S/C20H24N2O6/c1-4-14-11-18(23)28-17-12-15(5-6-16(14)17)27-13(2)19(24)21-7-9-22(10-8-21)20(25)26-3/h5-6,11-13H,4,7-10H2,1-3H3. The van der Waals surface area contributed by atoms with Crippen LogP contribution in [0, 0.1) is 0 Å². The van der Waals surface area contributed by atoms with E-state index in [0.29, 0.717) is 37.5 Å². The molecular formula is C20H24N2O6. The van der Waals surface area contributed by atoms with Gasteiger partial charge in [0.15, 0.2) is 6.10 Å². The molecule has 28 heavy (non-hydrogen) atoms. The van der Waals surface area contributed by atoms with E-state index in [1.165, 1.54) is 13.2 Å². The van der Waals surface area contributed by atoms with Gasteiger partial charge in [0, 0.05) is 43.7 Å². The number of piperazine rings is 1. The molecule has 1 fully saturated rings. The van der Waals surface area contributed by atoms with Crippen LogP contribution in [0.25, 0.3) is 11.0 Å². The lowest BCUT2D eigenvalue weighted by Gasteiger charge is -2.35. The maximum absolute atomic E-state index is 12.7. The Labute approximate surface area is 162 Å². The van der Waals surface area contributed by atoms with Gasteiger partial charge in [0.05, 0.1) is 7.11 Å². The third-order valence-electron chi connectivity index (χ3n) is 4.87. The molecule has 1 unspecified atom stereocenters. The quantitative estimate of drug-likeness (QED) is 0.745. The molecule has 0 spiro atoms. The van der Waals surface area contributed by atoms with Crippen molar-refractivity contribution in [3.8, 4) is 5.75 Å². The van der Waals surface area contributed by atoms with E-state index in [4.69, 9.17) is 13.9 Å². The summed E-state index contributed by atoms with van der Waals surface area (Å²) < 4.78 is 15.8. The Balaban J connectivity index is 1.67. The SMILES string of the molecule is CCc1cc(=O)oc2cc(OC(C)C(=O)N3CCN(C(=O)OC)CC3)ccc12. The number of benzene rings is 1. The fraction of sp³-hybridized carbons (Fsp3) is 0.450. The van der Waals surface area contributed by atoms with Crippen LogP contribution in [0.5, 0.6) is 5.75 Å². The van der Waals surface area contributed by atoms with Crippen LogP contribution in [-0.2, 0) is 16.0 Å². The van der Waals surface area contributed by atoms with E-state index < -0.39 is 11.7 Å². The van der Waals surface area contributed by atoms with E-state index in [0.717, 1.165) is 17.4 Å². The van der Waals surface area contributed by atoms with E-state index >= 15 is 0 Å². The number of aryl methyl sites for hydroxylation is 1. The number of carbonyl (C=O) groups is 2. The van der Waals surface area contributed by atoms with E-state index in [9.17, 15) is 14.4 Å². The Kier molecular flexibility index (Phi) is 5.87. The second-order valence-corrected chi connectivity index (χ2v) is 6.64. The van der Waals surface area contributed by atoms with E-state index in [1.807, 2.05) is 13.0 Å². The molecule has 0 N–H and O–H groups in total. The fourth-order valence-electron chi connectivity index (χ4n) is 3.33. The first-order valence-electron chi connectivity index (χ1n) is 9.28. The van der Waals surface area contributed by atoms with Gasteiger partial charge in [0.2, 0.25) is 0 Å². The third kappa shape index (κ3) is 4.11. The summed E-state index contributed by atoms with van der Waals surface area (Å²) in [5.41, 5.74) is 0.938. The first kappa shape index (κ1) is 19.7. The molecule has 1 atom stereocenters. The normalized spacial score (nSPS) is 15.4. The number of nitrogens with zero attached hydrogens (tertiary/aromatic N) is 2. The minimum Gasteiger partial charge on any atom is -0.481 e. The van der Waals surface area contributed by atoms with Gasteiger partial charge in [0.1, 0.15) is 11.3 Å². The van der Waals surface area contributed by atoms with Gasteiger partial charge < -0.3 is 23.7 Å². The monoisotopic (exact) mass is 388 g/mol. The molecule has 1 aromatic heterocycles. The maximum atomic E-state index is 12.7. The van der Waals surface area contributed by atoms with Gasteiger partial charge in [-0.3, -0.25) is 4.79 Å². The third-order valence-corrected chi connectivity index (χ3v) is 4.87. The van der Waals surface area contributed by atoms with Gasteiger partial charge >= 0.3 is 11.7 Å². The van der Waals surface area contributed by atoms with Gasteiger partial charge in [-0.1, -0.05) is 6.92 Å². The lowest BCUT2D eigenvalue weighted by Crippen LogP contribution is -2.53. The van der Waals surface area contributed by atoms with Crippen molar-refractivity contribution in [1.29, 1.82) is 0 Å². The van der Waals surface area contributed by atoms with Gasteiger partial charge in [-0.15, -0.1) is 0 Å². The number of fused-ring (bicyclic) bond motifs is 1. The van der Waals surface area contributed by atoms with E-state index in [-0.39, 0.29) is 12.0 Å². The molecule has 0 bridgehead atoms. The molecule has 0 radical (unpaired) electrons. The number of ether oxygens (including phenoxy) is 2. The van der Waals surface area contributed by atoms with Crippen LogP contribution in [0.1, 0.15) is 19.4 Å². The number of rotatable bonds is 4. The van der Waals surface area contributed by atoms with E-state index in [2.05, 4.69) is 0 Å². The van der Waals surface area contributed by atoms with Gasteiger partial charge in [-0.2, -0.15) is 0 Å². The van der Waals surface area contributed by atoms with Crippen molar-refractivity contribution in [2.75, 3.05) is 33.3 Å². The molecule has 8 heteroatoms. The average Bonchev–Trinajstić information content (AvgIpc) is 2.71. The van der Waals surface area contributed by atoms with Crippen LogP contribution in [0.3, 0.4) is 0 Å². The Hall–Kier alpha value is -3.03. The van der Waals surface area contributed by atoms with Crippen molar-refractivity contribution in [3.63, 3.8) is 0 Å². The number of hydrogen-bond donors (Lipinski definition) is 0. The zero-order valence-electron chi connectivity index (χ0n) is 16.3. The highest BCUT2D eigenvalue weighted by atomic mass is 16.5. The zero-order chi connectivity index (χ0) is 20.3. The van der Waals surface area contributed by atoms with Crippen molar-refractivity contribution >= 4 is 23.0 Å². The van der Waals surface area contributed by atoms with Crippen LogP contribution in [-0.4, -0.2) is 61.2 Å². The molecule has 1 saturated heterocycles. The molecule has 3 rings (SSSR count). The Morgan fingerprint density at radius 3 is 2.46 bits per heavy atom. The molecular weight excluding hydrogens is 364 g/mol. The first-order chi connectivity index (χ1) is 13.4. The highest BCUT2D eigenvalue weighted by Gasteiger charge is 2.28. The van der Waals surface area contributed by atoms with Gasteiger partial charge in [-0.05, 0) is 31.0 Å². The lowest BCUT2D eigenvalue weighted by molar-refractivity contribution is -0.139. The van der Waals surface area contributed by atoms with Crippen LogP contribution in [0.15, 0.2) is 33.5 Å². The molecule has 2 amide bonds. The lowest BCUT2D eigenvalue weighted by atomic mass is 10.1. The molecule has 0 saturated carbocycles. The average molecular weight is 388 g/mol. The molecule has 2 aromatic rings. The summed E-state index contributed by atoms with van der Waals surface area (Å²) in [5, 5.41) is 0.854. The van der Waals surface area contributed by atoms with Crippen LogP contribution >= 0.6 is 0 Å². The Morgan fingerprint density at radius 1 is 1.14 bits per heavy atom. The maximum Gasteiger partial charge on any atom is 0.409 e. The van der Waals surface area contributed by atoms with Crippen molar-refractivity contribution in [2.45, 2.75) is 26.4 Å². The van der Waals surface area contributed by atoms with E-state index in [1.54, 1.807) is 28.9 Å². The summed E-state index contributed by atoms with van der Waals surface area (Å²) in [6.07, 6.45) is -0.377. The second kappa shape index (κ2) is 8.33. The van der Waals surface area contributed by atoms with Gasteiger partial charge in [0.25, 0.3) is 5.91 Å². The van der Waals surface area contributed by atoms with Crippen LogP contribution in [0.2, 0.25) is 0 Å². The summed E-state index contributed by atoms with van der Waals surface area (Å²) >= 11 is 0. The van der Waals surface area contributed by atoms with Crippen LogP contribution < -0.4 is 10.4 Å². The van der Waals surface area contributed by atoms with Crippen molar-refractivity contribution in [3.05, 3.63) is 40.2 Å². The molecule has 150 valence electrons. The summed E-state index contributed by atoms with van der Waals surface area (Å²) in [4.78, 5) is 39.1. The Bertz CT molecular complexity index is 930. The summed E-state index contributed by atoms with van der Waals surface area (Å²) in [6.45, 7) is 5.34. The summed E-state index contributed by atoms with van der Waals surface area (Å²) in [5.74, 6) is 0.298. The summed E-state index contributed by atoms with van der Waals surface area (Å²) in [7, 11) is 1.34. The number of hydrogen-bond acceptors (Lipinski definition) is 6. The molecule has 1 aliphatic rings. The molecule has 8 nitrogen and oxygen atoms in total. The highest BCUT2D eigenvalue weighted by molar-refractivity contribution is 5.83. The predicted octanol–water partition coefficient (Wildman–Crippen LogP) is 2.03. The number of amides is 2. The molecule has 1 aliphatic heterocycles. The summed E-state index contributed by atoms with van der Waals surface area (Å²) in [6, 6.07) is 6.72. The predicted molar refractivity (Wildman–Crippen MR) is 103 cm³/mol. The van der Waals surface area contributed by atoms with Crippen molar-refractivity contribution in [1.82, 2.24) is 9.80 Å². The zero-order valence-corrected chi connectivity index (χ0v) is 16.3. The largest absolute Gasteiger partial charge is 0.481 e. The van der Waals surface area contributed by atoms with Crippen molar-refractivity contribution in [2.24, 2.45) is 0 Å². The minimum absolute atomic E-state index is 0.159. The first-order valence-corrected chi connectivity index (χ1v) is 9.28. The molecule has 1 aromatic carbocycles. The Morgan fingerprint density at radius 2 is 1.82 bits per heavy atom. The smallest absolute Gasteiger partial charge is 0.409 e. The number of carbonyl (C=O) groups excluding carboxylic acids is 2. The molecule has 0 aliphatic carbocycles. The highest BCUT2D eigenvalue weighted by Crippen LogP contribution is 2.24. The van der Waals surface area contributed by atoms with Crippen LogP contribution in [0.4, 0.5) is 4.79 Å². The van der Waals surface area contributed by atoms with Gasteiger partial charge in [-0.25, -0.2) is 9.59 Å². The molecule has 2 heterocycles. The van der Waals surface area contributed by atoms with Crippen molar-refractivity contribution < 1.29 is 23.5 Å². The topological polar surface area (TPSA) is 89.3 Å².